The minimum atomic E-state index is -0.329. The van der Waals surface area contributed by atoms with Gasteiger partial charge >= 0.3 is 0 Å². The lowest BCUT2D eigenvalue weighted by molar-refractivity contribution is 0.0974. The summed E-state index contributed by atoms with van der Waals surface area (Å²) in [5, 5.41) is 0. The average molecular weight is 416 g/mol. The summed E-state index contributed by atoms with van der Waals surface area (Å²) < 4.78 is 32.3. The van der Waals surface area contributed by atoms with E-state index in [2.05, 4.69) is 6.58 Å². The van der Waals surface area contributed by atoms with Crippen molar-refractivity contribution in [1.29, 1.82) is 0 Å². The zero-order chi connectivity index (χ0) is 22.3. The molecule has 0 amide bonds. The van der Waals surface area contributed by atoms with Crippen molar-refractivity contribution in [2.45, 2.75) is 12.3 Å². The van der Waals surface area contributed by atoms with Gasteiger partial charge in [-0.2, -0.15) is 0 Å². The van der Waals surface area contributed by atoms with Crippen LogP contribution >= 0.6 is 0 Å². The molecular weight excluding hydrogens is 388 g/mol. The molecular formula is C23H28O7. The maximum atomic E-state index is 13.2. The van der Waals surface area contributed by atoms with Crippen LogP contribution in [-0.2, 0) is 0 Å². The third-order valence-electron chi connectivity index (χ3n) is 4.83. The summed E-state index contributed by atoms with van der Waals surface area (Å²) in [4.78, 5) is 13.2. The third kappa shape index (κ3) is 4.62. The lowest BCUT2D eigenvalue weighted by atomic mass is 9.90. The highest BCUT2D eigenvalue weighted by atomic mass is 16.5. The molecule has 0 aliphatic heterocycles. The number of Topliss-reactive ketones (excluding diaryl/α,β-unsaturated/α-hetero) is 1. The largest absolute Gasteiger partial charge is 0.496 e. The molecule has 0 spiro atoms. The number of ketones is 1. The van der Waals surface area contributed by atoms with Crippen LogP contribution in [-0.4, -0.2) is 48.4 Å². The Labute approximate surface area is 177 Å². The second kappa shape index (κ2) is 10.4. The molecule has 0 saturated heterocycles. The summed E-state index contributed by atoms with van der Waals surface area (Å²) in [7, 11) is 9.20. The highest BCUT2D eigenvalue weighted by Crippen LogP contribution is 2.41. The second-order valence-electron chi connectivity index (χ2n) is 6.33. The minimum absolute atomic E-state index is 0.140. The van der Waals surface area contributed by atoms with Gasteiger partial charge in [0, 0.05) is 30.0 Å². The van der Waals surface area contributed by atoms with E-state index in [9.17, 15) is 4.79 Å². The maximum Gasteiger partial charge on any atom is 0.167 e. The van der Waals surface area contributed by atoms with Crippen LogP contribution in [0.3, 0.4) is 0 Å². The maximum absolute atomic E-state index is 13.2. The van der Waals surface area contributed by atoms with Gasteiger partial charge in [-0.25, -0.2) is 0 Å². The molecule has 30 heavy (non-hydrogen) atoms. The number of ether oxygens (including phenoxy) is 6. The van der Waals surface area contributed by atoms with E-state index in [0.717, 1.165) is 5.56 Å². The Morgan fingerprint density at radius 1 is 0.733 bits per heavy atom. The standard InChI is InChI=1S/C23H28O7/c1-8-14(15-10-20(27-4)22(29-6)12-18(15)25-2)9-17(24)16-11-21(28-5)23(30-7)13-19(16)26-3/h8,10-14H,1,9H2,2-7H3. The molecule has 0 aliphatic rings. The Morgan fingerprint density at radius 2 is 1.17 bits per heavy atom. The molecule has 0 fully saturated rings. The van der Waals surface area contributed by atoms with Gasteiger partial charge in [0.2, 0.25) is 0 Å². The molecule has 0 aromatic heterocycles. The summed E-state index contributed by atoms with van der Waals surface area (Å²) in [6.45, 7) is 3.91. The number of allylic oxidation sites excluding steroid dienone is 1. The molecule has 0 aliphatic carbocycles. The molecule has 162 valence electrons. The molecule has 7 heteroatoms. The molecule has 7 nitrogen and oxygen atoms in total. The van der Waals surface area contributed by atoms with Crippen LogP contribution in [0.25, 0.3) is 0 Å². The van der Waals surface area contributed by atoms with E-state index in [1.54, 1.807) is 51.7 Å². The second-order valence-corrected chi connectivity index (χ2v) is 6.33. The van der Waals surface area contributed by atoms with Crippen molar-refractivity contribution in [3.05, 3.63) is 48.0 Å². The zero-order valence-electron chi connectivity index (χ0n) is 18.2. The molecule has 2 aromatic rings. The smallest absolute Gasteiger partial charge is 0.167 e. The van der Waals surface area contributed by atoms with Crippen molar-refractivity contribution >= 4 is 5.78 Å². The van der Waals surface area contributed by atoms with Crippen molar-refractivity contribution in [2.24, 2.45) is 0 Å². The van der Waals surface area contributed by atoms with E-state index in [1.165, 1.54) is 21.3 Å². The van der Waals surface area contributed by atoms with E-state index < -0.39 is 0 Å². The van der Waals surface area contributed by atoms with Crippen molar-refractivity contribution in [1.82, 2.24) is 0 Å². The van der Waals surface area contributed by atoms with Crippen molar-refractivity contribution in [3.63, 3.8) is 0 Å². The SMILES string of the molecule is C=CC(CC(=O)c1cc(OC)c(OC)cc1OC)c1cc(OC)c(OC)cc1OC. The summed E-state index contributed by atoms with van der Waals surface area (Å²) in [5.41, 5.74) is 1.15. The monoisotopic (exact) mass is 416 g/mol. The number of hydrogen-bond donors (Lipinski definition) is 0. The molecule has 0 heterocycles. The zero-order valence-corrected chi connectivity index (χ0v) is 18.2. The first-order valence-electron chi connectivity index (χ1n) is 9.23. The van der Waals surface area contributed by atoms with Gasteiger partial charge in [0.15, 0.2) is 28.8 Å². The van der Waals surface area contributed by atoms with E-state index in [1.807, 2.05) is 0 Å². The molecule has 2 rings (SSSR count). The van der Waals surface area contributed by atoms with Gasteiger partial charge < -0.3 is 28.4 Å². The predicted octanol–water partition coefficient (Wildman–Crippen LogP) is 4.28. The van der Waals surface area contributed by atoms with Gasteiger partial charge in [-0.1, -0.05) is 6.08 Å². The summed E-state index contributed by atoms with van der Waals surface area (Å²) >= 11 is 0. The quantitative estimate of drug-likeness (QED) is 0.400. The average Bonchev–Trinajstić information content (AvgIpc) is 2.80. The Balaban J connectivity index is 2.46. The number of carbonyl (C=O) groups is 1. The van der Waals surface area contributed by atoms with Crippen LogP contribution in [0.2, 0.25) is 0 Å². The fourth-order valence-electron chi connectivity index (χ4n) is 3.22. The van der Waals surface area contributed by atoms with Gasteiger partial charge in [-0.3, -0.25) is 4.79 Å². The van der Waals surface area contributed by atoms with Crippen LogP contribution in [0.4, 0.5) is 0 Å². The first-order chi connectivity index (χ1) is 14.5. The first kappa shape index (κ1) is 22.9. The Hall–Kier alpha value is -3.35. The number of rotatable bonds is 11. The van der Waals surface area contributed by atoms with E-state index in [4.69, 9.17) is 28.4 Å². The van der Waals surface area contributed by atoms with Crippen LogP contribution in [0.1, 0.15) is 28.3 Å². The molecule has 0 saturated carbocycles. The van der Waals surface area contributed by atoms with Crippen molar-refractivity contribution < 1.29 is 33.2 Å². The molecule has 2 aromatic carbocycles. The number of carbonyl (C=O) groups excluding carboxylic acids is 1. The van der Waals surface area contributed by atoms with Gasteiger partial charge in [-0.15, -0.1) is 6.58 Å². The van der Waals surface area contributed by atoms with Crippen LogP contribution in [0, 0.1) is 0 Å². The third-order valence-corrected chi connectivity index (χ3v) is 4.83. The topological polar surface area (TPSA) is 72.5 Å². The fraction of sp³-hybridized carbons (Fsp3) is 0.348. The highest BCUT2D eigenvalue weighted by molar-refractivity contribution is 6.00. The Bertz CT molecular complexity index is 905. The predicted molar refractivity (Wildman–Crippen MR) is 114 cm³/mol. The molecule has 0 N–H and O–H groups in total. The van der Waals surface area contributed by atoms with Crippen LogP contribution in [0.5, 0.6) is 34.5 Å². The van der Waals surface area contributed by atoms with Gasteiger partial charge in [0.25, 0.3) is 0 Å². The van der Waals surface area contributed by atoms with Crippen molar-refractivity contribution in [3.8, 4) is 34.5 Å². The Kier molecular flexibility index (Phi) is 7.98. The molecule has 1 unspecified atom stereocenters. The van der Waals surface area contributed by atoms with Crippen LogP contribution in [0.15, 0.2) is 36.9 Å². The lowest BCUT2D eigenvalue weighted by Gasteiger charge is -2.20. The normalized spacial score (nSPS) is 11.3. The minimum Gasteiger partial charge on any atom is -0.496 e. The number of methoxy groups -OCH3 is 6. The number of benzene rings is 2. The van der Waals surface area contributed by atoms with E-state index in [0.29, 0.717) is 40.1 Å². The molecule has 1 atom stereocenters. The highest BCUT2D eigenvalue weighted by Gasteiger charge is 2.24. The van der Waals surface area contributed by atoms with E-state index >= 15 is 0 Å². The number of hydrogen-bond acceptors (Lipinski definition) is 7. The van der Waals surface area contributed by atoms with Gasteiger partial charge in [0.05, 0.1) is 48.2 Å². The van der Waals surface area contributed by atoms with Crippen molar-refractivity contribution in [2.75, 3.05) is 42.7 Å². The first-order valence-corrected chi connectivity index (χ1v) is 9.23. The van der Waals surface area contributed by atoms with E-state index in [-0.39, 0.29) is 18.1 Å². The van der Waals surface area contributed by atoms with Crippen LogP contribution < -0.4 is 28.4 Å². The molecule has 0 radical (unpaired) electrons. The Morgan fingerprint density at radius 3 is 1.63 bits per heavy atom. The fourth-order valence-corrected chi connectivity index (χ4v) is 3.22. The lowest BCUT2D eigenvalue weighted by Crippen LogP contribution is -2.10. The summed E-state index contributed by atoms with van der Waals surface area (Å²) in [6.07, 6.45) is 1.84. The van der Waals surface area contributed by atoms with Gasteiger partial charge in [-0.05, 0) is 12.1 Å². The van der Waals surface area contributed by atoms with Gasteiger partial charge in [0.1, 0.15) is 11.5 Å². The summed E-state index contributed by atoms with van der Waals surface area (Å²) in [6, 6.07) is 6.77. The summed E-state index contributed by atoms with van der Waals surface area (Å²) in [5.74, 6) is 2.50. The molecule has 0 bridgehead atoms.